The predicted molar refractivity (Wildman–Crippen MR) is 54.5 cm³/mol. The third-order valence-electron chi connectivity index (χ3n) is 1.93. The number of hydrogen-bond donors (Lipinski definition) is 1. The number of rotatable bonds is 0. The smallest absolute Gasteiger partial charge is 0.296 e. The van der Waals surface area contributed by atoms with Gasteiger partial charge >= 0.3 is 0 Å². The summed E-state index contributed by atoms with van der Waals surface area (Å²) in [5.74, 6) is -0.980. The number of Topliss-reactive ketones (excluding diaryl/α,β-unsaturated/α-hetero) is 1. The highest BCUT2D eigenvalue weighted by atomic mass is 16.2. The lowest BCUT2D eigenvalue weighted by molar-refractivity contribution is -0.112. The van der Waals surface area contributed by atoms with E-state index >= 15 is 0 Å². The van der Waals surface area contributed by atoms with Crippen molar-refractivity contribution in [2.24, 2.45) is 0 Å². The summed E-state index contributed by atoms with van der Waals surface area (Å²) in [5.41, 5.74) is 1.25. The minimum atomic E-state index is -0.536. The Hall–Kier alpha value is -2.23. The van der Waals surface area contributed by atoms with Gasteiger partial charge in [-0.3, -0.25) is 14.4 Å². The summed E-state index contributed by atoms with van der Waals surface area (Å²) >= 11 is 0. The number of anilines is 1. The first-order valence-electron chi connectivity index (χ1n) is 4.35. The van der Waals surface area contributed by atoms with Gasteiger partial charge in [0.2, 0.25) is 0 Å². The molecule has 74 valence electrons. The molecule has 0 aromatic heterocycles. The van der Waals surface area contributed by atoms with Crippen LogP contribution in [0.4, 0.5) is 5.69 Å². The fourth-order valence-corrected chi connectivity index (χ4v) is 1.13. The Labute approximate surface area is 85.2 Å². The second-order valence-electron chi connectivity index (χ2n) is 3.06. The molecule has 1 aliphatic rings. The average Bonchev–Trinajstić information content (AvgIpc) is 2.95. The van der Waals surface area contributed by atoms with Gasteiger partial charge in [-0.05, 0) is 24.3 Å². The Morgan fingerprint density at radius 1 is 0.867 bits per heavy atom. The van der Waals surface area contributed by atoms with E-state index in [1.165, 1.54) is 12.1 Å². The minimum Gasteiger partial charge on any atom is -0.318 e. The van der Waals surface area contributed by atoms with E-state index in [-0.39, 0.29) is 5.43 Å². The highest BCUT2D eigenvalue weighted by Gasteiger charge is 2.26. The molecule has 1 amide bonds. The Kier molecular flexibility index (Phi) is 2.17. The number of carbonyl (C=O) groups is 2. The molecular weight excluding hydrogens is 194 g/mol. The zero-order valence-corrected chi connectivity index (χ0v) is 7.69. The van der Waals surface area contributed by atoms with Gasteiger partial charge in [-0.2, -0.15) is 0 Å². The van der Waals surface area contributed by atoms with Crippen molar-refractivity contribution in [3.63, 3.8) is 0 Å². The zero-order valence-electron chi connectivity index (χ0n) is 7.69. The van der Waals surface area contributed by atoms with Gasteiger partial charge in [-0.15, -0.1) is 0 Å². The molecule has 15 heavy (non-hydrogen) atoms. The van der Waals surface area contributed by atoms with Crippen LogP contribution in [0, 0.1) is 0 Å². The fourth-order valence-electron chi connectivity index (χ4n) is 1.13. The lowest BCUT2D eigenvalue weighted by Crippen LogP contribution is -2.12. The van der Waals surface area contributed by atoms with E-state index in [2.05, 4.69) is 5.32 Å². The van der Waals surface area contributed by atoms with Crippen molar-refractivity contribution >= 4 is 17.4 Å². The summed E-state index contributed by atoms with van der Waals surface area (Å²) < 4.78 is 0. The molecule has 2 aromatic rings. The third kappa shape index (κ3) is 1.99. The molecule has 0 spiro atoms. The van der Waals surface area contributed by atoms with Crippen molar-refractivity contribution in [1.29, 1.82) is 0 Å². The second-order valence-corrected chi connectivity index (χ2v) is 3.06. The van der Waals surface area contributed by atoms with Gasteiger partial charge in [0.1, 0.15) is 0 Å². The summed E-state index contributed by atoms with van der Waals surface area (Å²) in [5, 5.41) is 2.46. The molecule has 4 heteroatoms. The Balaban J connectivity index is 0.000000179. The molecule has 0 aliphatic carbocycles. The van der Waals surface area contributed by atoms with Crippen molar-refractivity contribution in [1.82, 2.24) is 0 Å². The molecular formula is C11H7NO3. The summed E-state index contributed by atoms with van der Waals surface area (Å²) in [6, 6.07) is 9.91. The second kappa shape index (κ2) is 3.49. The van der Waals surface area contributed by atoms with Crippen LogP contribution in [0.2, 0.25) is 0 Å². The fraction of sp³-hybridized carbons (Fsp3) is 0. The summed E-state index contributed by atoms with van der Waals surface area (Å²) in [6.45, 7) is 0. The highest BCUT2D eigenvalue weighted by molar-refractivity contribution is 6.51. The number of hydrogen-bond acceptors (Lipinski definition) is 3. The largest absolute Gasteiger partial charge is 0.318 e. The molecule has 2 aromatic carbocycles. The third-order valence-corrected chi connectivity index (χ3v) is 1.93. The lowest BCUT2D eigenvalue weighted by atomic mass is 10.1. The first kappa shape index (κ1) is 9.33. The van der Waals surface area contributed by atoms with E-state index in [0.717, 1.165) is 0 Å². The monoisotopic (exact) mass is 201 g/mol. The van der Waals surface area contributed by atoms with Crippen LogP contribution >= 0.6 is 0 Å². The van der Waals surface area contributed by atoms with E-state index in [1.807, 2.05) is 0 Å². The van der Waals surface area contributed by atoms with Crippen LogP contribution in [0.3, 0.4) is 0 Å². The Morgan fingerprint density at radius 2 is 1.47 bits per heavy atom. The quantitative estimate of drug-likeness (QED) is 0.639. The van der Waals surface area contributed by atoms with Crippen molar-refractivity contribution < 1.29 is 9.59 Å². The van der Waals surface area contributed by atoms with Crippen LogP contribution in [0.25, 0.3) is 0 Å². The molecule has 0 saturated heterocycles. The molecule has 3 rings (SSSR count). The molecule has 1 aliphatic heterocycles. The summed E-state index contributed by atoms with van der Waals surface area (Å²) in [7, 11) is 0. The molecule has 0 unspecified atom stereocenters. The maximum Gasteiger partial charge on any atom is 0.296 e. The number of nitrogens with one attached hydrogen (secondary N) is 1. The first-order valence-corrected chi connectivity index (χ1v) is 4.35. The van der Waals surface area contributed by atoms with Gasteiger partial charge in [-0.1, -0.05) is 12.1 Å². The summed E-state index contributed by atoms with van der Waals surface area (Å²) in [6.07, 6.45) is 0. The number of benzene rings is 1. The zero-order chi connectivity index (χ0) is 10.8. The normalized spacial score (nSPS) is 13.1. The highest BCUT2D eigenvalue weighted by Crippen LogP contribution is 2.21. The number of carbonyl (C=O) groups excluding carboxylic acids is 2. The molecule has 4 nitrogen and oxygen atoms in total. The van der Waals surface area contributed by atoms with Crippen LogP contribution < -0.4 is 10.7 Å². The molecule has 0 radical (unpaired) electrons. The van der Waals surface area contributed by atoms with E-state index in [1.54, 1.807) is 24.3 Å². The van der Waals surface area contributed by atoms with Crippen LogP contribution in [-0.2, 0) is 4.79 Å². The minimum absolute atomic E-state index is 0.167. The Morgan fingerprint density at radius 3 is 2.00 bits per heavy atom. The number of fused-ring (bicyclic) bond motifs is 1. The van der Waals surface area contributed by atoms with Crippen LogP contribution in [0.1, 0.15) is 10.4 Å². The Bertz CT molecular complexity index is 524. The average molecular weight is 201 g/mol. The summed E-state index contributed by atoms with van der Waals surface area (Å²) in [4.78, 5) is 31.2. The maximum atomic E-state index is 11.0. The topological polar surface area (TPSA) is 63.2 Å². The number of ketones is 1. The van der Waals surface area contributed by atoms with Crippen molar-refractivity contribution in [2.75, 3.05) is 5.32 Å². The van der Waals surface area contributed by atoms with Crippen LogP contribution in [-0.4, -0.2) is 11.7 Å². The first-order chi connectivity index (χ1) is 7.18. The van der Waals surface area contributed by atoms with E-state index in [9.17, 15) is 14.4 Å². The van der Waals surface area contributed by atoms with Crippen molar-refractivity contribution in [3.8, 4) is 0 Å². The lowest BCUT2D eigenvalue weighted by Gasteiger charge is -1.91. The van der Waals surface area contributed by atoms with Gasteiger partial charge in [0.15, 0.2) is 5.43 Å². The van der Waals surface area contributed by atoms with Crippen LogP contribution in [0.5, 0.6) is 0 Å². The molecule has 0 fully saturated rings. The van der Waals surface area contributed by atoms with Gasteiger partial charge in [0.05, 0.1) is 11.3 Å². The van der Waals surface area contributed by atoms with Crippen molar-refractivity contribution in [2.45, 2.75) is 0 Å². The predicted octanol–water partition coefficient (Wildman–Crippen LogP) is 0.744. The van der Waals surface area contributed by atoms with E-state index < -0.39 is 11.7 Å². The molecule has 0 atom stereocenters. The standard InChI is InChI=1S/C8H5NO2.C3H2O/c10-7-5-3-1-2-4-6(5)9-8(7)11;4-3-1-2-3/h1-4H,(H,9,10,11);1-2H. The van der Waals surface area contributed by atoms with Crippen molar-refractivity contribution in [3.05, 3.63) is 52.2 Å². The van der Waals surface area contributed by atoms with Gasteiger partial charge < -0.3 is 5.32 Å². The maximum absolute atomic E-state index is 11.0. The number of amides is 1. The van der Waals surface area contributed by atoms with Gasteiger partial charge in [0, 0.05) is 0 Å². The number of para-hydroxylation sites is 1. The molecule has 0 bridgehead atoms. The molecule has 1 N–H and O–H groups in total. The molecule has 1 heterocycles. The van der Waals surface area contributed by atoms with Gasteiger partial charge in [-0.25, -0.2) is 0 Å². The van der Waals surface area contributed by atoms with Crippen LogP contribution in [0.15, 0.2) is 41.2 Å². The van der Waals surface area contributed by atoms with E-state index in [4.69, 9.17) is 0 Å². The van der Waals surface area contributed by atoms with Gasteiger partial charge in [0.25, 0.3) is 11.7 Å². The SMILES string of the molecule is O=C1Nc2ccccc2C1=O.O=c1cc1. The molecule has 0 saturated carbocycles. The van der Waals surface area contributed by atoms with E-state index in [0.29, 0.717) is 11.3 Å².